The summed E-state index contributed by atoms with van der Waals surface area (Å²) in [6.07, 6.45) is 0.828. The van der Waals surface area contributed by atoms with Gasteiger partial charge in [0, 0.05) is 18.0 Å². The van der Waals surface area contributed by atoms with Gasteiger partial charge in [0.15, 0.2) is 0 Å². The van der Waals surface area contributed by atoms with E-state index < -0.39 is 12.2 Å². The van der Waals surface area contributed by atoms with Crippen LogP contribution in [-0.2, 0) is 4.74 Å². The Kier molecular flexibility index (Phi) is 3.60. The molecule has 1 saturated heterocycles. The van der Waals surface area contributed by atoms with E-state index in [1.165, 1.54) is 5.56 Å². The fourth-order valence-electron chi connectivity index (χ4n) is 2.66. The van der Waals surface area contributed by atoms with Crippen LogP contribution in [0.5, 0.6) is 0 Å². The van der Waals surface area contributed by atoms with Crippen LogP contribution in [0.1, 0.15) is 18.2 Å². The zero-order valence-corrected chi connectivity index (χ0v) is 12.0. The minimum absolute atomic E-state index is 0.183. The van der Waals surface area contributed by atoms with E-state index in [1.807, 2.05) is 35.9 Å². The lowest BCUT2D eigenvalue weighted by Crippen LogP contribution is -2.24. The topological polar surface area (TPSA) is 54.6 Å². The molecule has 1 fully saturated rings. The Bertz CT molecular complexity index is 697. The molecule has 4 nitrogen and oxygen atoms in total. The van der Waals surface area contributed by atoms with Crippen molar-refractivity contribution in [2.75, 3.05) is 6.61 Å². The van der Waals surface area contributed by atoms with Crippen LogP contribution in [0.2, 0.25) is 0 Å². The van der Waals surface area contributed by atoms with E-state index in [4.69, 9.17) is 22.1 Å². The highest BCUT2D eigenvalue weighted by Crippen LogP contribution is 2.30. The maximum Gasteiger partial charge on any atom is 0.137 e. The van der Waals surface area contributed by atoms with Gasteiger partial charge in [-0.1, -0.05) is 36.0 Å². The highest BCUT2D eigenvalue weighted by Gasteiger charge is 2.34. The van der Waals surface area contributed by atoms with Crippen molar-refractivity contribution in [1.29, 1.82) is 0 Å². The smallest absolute Gasteiger partial charge is 0.137 e. The van der Waals surface area contributed by atoms with Crippen molar-refractivity contribution in [2.45, 2.75) is 31.8 Å². The maximum absolute atomic E-state index is 9.83. The molecule has 2 aromatic rings. The molecule has 5 heteroatoms. The van der Waals surface area contributed by atoms with Crippen LogP contribution in [-0.4, -0.2) is 33.6 Å². The first-order valence-electron chi connectivity index (χ1n) is 6.66. The van der Waals surface area contributed by atoms with Gasteiger partial charge in [-0.25, -0.2) is 0 Å². The van der Waals surface area contributed by atoms with E-state index in [-0.39, 0.29) is 12.8 Å². The van der Waals surface area contributed by atoms with Gasteiger partial charge in [-0.2, -0.15) is 0 Å². The van der Waals surface area contributed by atoms with Crippen molar-refractivity contribution in [3.63, 3.8) is 0 Å². The average Bonchev–Trinajstić information content (AvgIpc) is 2.80. The molecule has 0 saturated carbocycles. The Morgan fingerprint density at radius 2 is 2.20 bits per heavy atom. The SMILES string of the molecule is Cc1ccc2c(=S)n([C@H]3CC(O)C(CO)O3)ccc2c1. The molecule has 1 aromatic carbocycles. The van der Waals surface area contributed by atoms with E-state index in [0.29, 0.717) is 11.1 Å². The fraction of sp³-hybridized carbons (Fsp3) is 0.400. The molecule has 0 amide bonds. The summed E-state index contributed by atoms with van der Waals surface area (Å²) in [7, 11) is 0. The number of aliphatic hydroxyl groups excluding tert-OH is 2. The highest BCUT2D eigenvalue weighted by molar-refractivity contribution is 7.71. The van der Waals surface area contributed by atoms with Crippen LogP contribution in [0.4, 0.5) is 0 Å². The first kappa shape index (κ1) is 13.7. The number of hydrogen-bond donors (Lipinski definition) is 2. The van der Waals surface area contributed by atoms with Crippen LogP contribution in [0.15, 0.2) is 30.5 Å². The third kappa shape index (κ3) is 2.27. The Hall–Kier alpha value is -1.27. The summed E-state index contributed by atoms with van der Waals surface area (Å²) in [6.45, 7) is 1.86. The summed E-state index contributed by atoms with van der Waals surface area (Å²) >= 11 is 5.53. The normalized spacial score (nSPS) is 26.2. The third-order valence-electron chi connectivity index (χ3n) is 3.78. The quantitative estimate of drug-likeness (QED) is 0.834. The molecule has 0 radical (unpaired) electrons. The van der Waals surface area contributed by atoms with Gasteiger partial charge < -0.3 is 19.5 Å². The molecule has 0 aliphatic carbocycles. The number of hydrogen-bond acceptors (Lipinski definition) is 4. The van der Waals surface area contributed by atoms with Gasteiger partial charge in [0.1, 0.15) is 17.0 Å². The third-order valence-corrected chi connectivity index (χ3v) is 4.21. The van der Waals surface area contributed by atoms with E-state index >= 15 is 0 Å². The standard InChI is InChI=1S/C15H17NO3S/c1-9-2-3-11-10(6-9)4-5-16(15(11)20)14-7-12(18)13(8-17)19-14/h2-6,12-14,17-18H,7-8H2,1H3/t12?,13?,14-/m1/s1. The number of aliphatic hydroxyl groups is 2. The summed E-state index contributed by atoms with van der Waals surface area (Å²) in [6, 6.07) is 8.14. The number of fused-ring (bicyclic) bond motifs is 1. The molecule has 2 unspecified atom stereocenters. The molecule has 1 aliphatic rings. The second-order valence-corrected chi connectivity index (χ2v) is 5.62. The van der Waals surface area contributed by atoms with E-state index in [2.05, 4.69) is 6.07 Å². The summed E-state index contributed by atoms with van der Waals surface area (Å²) in [5.41, 5.74) is 1.19. The Balaban J connectivity index is 2.03. The first-order chi connectivity index (χ1) is 9.60. The molecule has 1 aliphatic heterocycles. The Morgan fingerprint density at radius 1 is 1.40 bits per heavy atom. The van der Waals surface area contributed by atoms with Crippen molar-refractivity contribution >= 4 is 23.0 Å². The molecule has 20 heavy (non-hydrogen) atoms. The minimum Gasteiger partial charge on any atom is -0.394 e. The number of aryl methyl sites for hydroxylation is 1. The van der Waals surface area contributed by atoms with Crippen LogP contribution in [0, 0.1) is 11.6 Å². The second kappa shape index (κ2) is 5.26. The summed E-state index contributed by atoms with van der Waals surface area (Å²) in [5, 5.41) is 21.1. The summed E-state index contributed by atoms with van der Waals surface area (Å²) in [5.74, 6) is 0. The number of aromatic nitrogens is 1. The largest absolute Gasteiger partial charge is 0.394 e. The Morgan fingerprint density at radius 3 is 2.90 bits per heavy atom. The number of pyridine rings is 1. The molecule has 106 valence electrons. The van der Waals surface area contributed by atoms with Crippen LogP contribution < -0.4 is 0 Å². The van der Waals surface area contributed by atoms with Gasteiger partial charge in [-0.3, -0.25) is 0 Å². The number of nitrogens with zero attached hydrogens (tertiary/aromatic N) is 1. The maximum atomic E-state index is 9.83. The fourth-order valence-corrected chi connectivity index (χ4v) is 3.02. The predicted octanol–water partition coefficient (Wildman–Crippen LogP) is 2.32. The van der Waals surface area contributed by atoms with Crippen molar-refractivity contribution < 1.29 is 14.9 Å². The number of ether oxygens (including phenoxy) is 1. The lowest BCUT2D eigenvalue weighted by atomic mass is 10.1. The van der Waals surface area contributed by atoms with Crippen molar-refractivity contribution in [2.24, 2.45) is 0 Å². The van der Waals surface area contributed by atoms with E-state index in [1.54, 1.807) is 0 Å². The van der Waals surface area contributed by atoms with Crippen LogP contribution in [0.3, 0.4) is 0 Å². The van der Waals surface area contributed by atoms with Gasteiger partial charge in [0.25, 0.3) is 0 Å². The van der Waals surface area contributed by atoms with Gasteiger partial charge in [0.2, 0.25) is 0 Å². The van der Waals surface area contributed by atoms with Gasteiger partial charge >= 0.3 is 0 Å². The van der Waals surface area contributed by atoms with Gasteiger partial charge in [0.05, 0.1) is 12.7 Å². The molecular formula is C15H17NO3S. The summed E-state index contributed by atoms with van der Waals surface area (Å²) in [4.78, 5) is 0. The van der Waals surface area contributed by atoms with Crippen LogP contribution >= 0.6 is 12.2 Å². The number of rotatable bonds is 2. The minimum atomic E-state index is -0.652. The lowest BCUT2D eigenvalue weighted by Gasteiger charge is -2.17. The molecule has 3 rings (SSSR count). The van der Waals surface area contributed by atoms with E-state index in [0.717, 1.165) is 10.8 Å². The molecule has 2 heterocycles. The molecule has 3 atom stereocenters. The zero-order chi connectivity index (χ0) is 14.3. The zero-order valence-electron chi connectivity index (χ0n) is 11.2. The molecule has 2 N–H and O–H groups in total. The first-order valence-corrected chi connectivity index (χ1v) is 7.07. The molecule has 0 spiro atoms. The van der Waals surface area contributed by atoms with Gasteiger partial charge in [-0.05, 0) is 18.4 Å². The Labute approximate surface area is 122 Å². The second-order valence-electron chi connectivity index (χ2n) is 5.23. The van der Waals surface area contributed by atoms with Crippen LogP contribution in [0.25, 0.3) is 10.8 Å². The van der Waals surface area contributed by atoms with Crippen molar-refractivity contribution in [3.05, 3.63) is 40.7 Å². The van der Waals surface area contributed by atoms with Gasteiger partial charge in [-0.15, -0.1) is 0 Å². The molecular weight excluding hydrogens is 274 g/mol. The highest BCUT2D eigenvalue weighted by atomic mass is 32.1. The monoisotopic (exact) mass is 291 g/mol. The van der Waals surface area contributed by atoms with E-state index in [9.17, 15) is 5.11 Å². The lowest BCUT2D eigenvalue weighted by molar-refractivity contribution is -0.0447. The average molecular weight is 291 g/mol. The summed E-state index contributed by atoms with van der Waals surface area (Å²) < 4.78 is 8.20. The van der Waals surface area contributed by atoms with Crippen molar-refractivity contribution in [1.82, 2.24) is 4.57 Å². The van der Waals surface area contributed by atoms with Crippen molar-refractivity contribution in [3.8, 4) is 0 Å². The number of benzene rings is 1. The predicted molar refractivity (Wildman–Crippen MR) is 79.1 cm³/mol. The molecule has 0 bridgehead atoms. The molecule has 1 aromatic heterocycles.